The normalized spacial score (nSPS) is 18.5. The Kier molecular flexibility index (Phi) is 28.8. The first kappa shape index (κ1) is 50.9. The van der Waals surface area contributed by atoms with Crippen LogP contribution >= 0.6 is 0 Å². The van der Waals surface area contributed by atoms with E-state index in [9.17, 15) is 19.8 Å². The minimum atomic E-state index is -1.54. The lowest BCUT2D eigenvalue weighted by atomic mass is 9.71. The van der Waals surface area contributed by atoms with Crippen LogP contribution in [-0.2, 0) is 19.1 Å². The minimum absolute atomic E-state index is 0.151. The number of carbonyl (C=O) groups is 2. The summed E-state index contributed by atoms with van der Waals surface area (Å²) in [5.74, 6) is -0.693. The fourth-order valence-corrected chi connectivity index (χ4v) is 9.17. The molecule has 330 valence electrons. The van der Waals surface area contributed by atoms with Gasteiger partial charge in [0, 0.05) is 19.7 Å². The van der Waals surface area contributed by atoms with Gasteiger partial charge in [-0.05, 0) is 89.3 Å². The number of rotatable bonds is 35. The number of carbonyl (C=O) groups excluding carboxylic acids is 2. The number of unbranched alkanes of at least 4 members (excludes halogenated alkanes) is 17. The third-order valence-electron chi connectivity index (χ3n) is 13.4. The number of esters is 2. The zero-order valence-electron chi connectivity index (χ0n) is 37.4. The minimum Gasteiger partial charge on any atom is -0.461 e. The molecule has 0 bridgehead atoms. The Balaban J connectivity index is 2.14. The van der Waals surface area contributed by atoms with Gasteiger partial charge in [0.2, 0.25) is 0 Å². The van der Waals surface area contributed by atoms with Gasteiger partial charge in [0.1, 0.15) is 13.2 Å². The van der Waals surface area contributed by atoms with E-state index >= 15 is 0 Å². The molecule has 0 radical (unpaired) electrons. The second-order valence-corrected chi connectivity index (χ2v) is 18.2. The number of likely N-dealkylation sites (tertiary alicyclic amines) is 2. The molecule has 0 aliphatic carbocycles. The average molecular weight is 793 g/mol. The average Bonchev–Trinajstić information content (AvgIpc) is 3.21. The molecule has 2 fully saturated rings. The Morgan fingerprint density at radius 2 is 0.893 bits per heavy atom. The lowest BCUT2D eigenvalue weighted by Gasteiger charge is -2.50. The van der Waals surface area contributed by atoms with E-state index in [1.54, 1.807) is 0 Å². The number of piperidine rings is 2. The van der Waals surface area contributed by atoms with Crippen molar-refractivity contribution in [2.24, 2.45) is 17.3 Å². The monoisotopic (exact) mass is 793 g/mol. The van der Waals surface area contributed by atoms with Crippen molar-refractivity contribution in [1.29, 1.82) is 0 Å². The van der Waals surface area contributed by atoms with E-state index in [2.05, 4.69) is 37.5 Å². The zero-order chi connectivity index (χ0) is 40.7. The van der Waals surface area contributed by atoms with Crippen LogP contribution in [-0.4, -0.2) is 90.2 Å². The van der Waals surface area contributed by atoms with Gasteiger partial charge in [-0.1, -0.05) is 156 Å². The molecule has 0 saturated carbocycles. The standard InChI is InChI=1S/C48H92N2O6/c1-5-9-13-17-19-23-29-43(27-21-15-11-7-3)45(52)55-41-48(54,50-38-33-47(34-39-50)31-36-49(37-32-47)35-25-26-40-51)42-56-46(53)44(28-22-16-12-8-4)30-24-20-18-14-10-6-2/h43-44,51,54H,5-42H2,1-4H3. The number of ether oxygens (including phenoxy) is 2. The summed E-state index contributed by atoms with van der Waals surface area (Å²) in [7, 11) is 0. The van der Waals surface area contributed by atoms with E-state index in [1.165, 1.54) is 64.2 Å². The molecule has 2 aliphatic rings. The topological polar surface area (TPSA) is 99.5 Å². The highest BCUT2D eigenvalue weighted by Gasteiger charge is 2.45. The molecule has 2 aliphatic heterocycles. The van der Waals surface area contributed by atoms with Crippen LogP contribution in [0.4, 0.5) is 0 Å². The Labute approximate surface area is 346 Å². The zero-order valence-corrected chi connectivity index (χ0v) is 37.4. The molecule has 2 unspecified atom stereocenters. The van der Waals surface area contributed by atoms with Crippen LogP contribution in [0.5, 0.6) is 0 Å². The molecule has 2 saturated heterocycles. The van der Waals surface area contributed by atoms with Crippen molar-refractivity contribution in [3.8, 4) is 0 Å². The number of aliphatic hydroxyl groups is 2. The molecule has 2 N–H and O–H groups in total. The van der Waals surface area contributed by atoms with E-state index in [-0.39, 0.29) is 49.0 Å². The highest BCUT2D eigenvalue weighted by atomic mass is 16.6. The number of aliphatic hydroxyl groups excluding tert-OH is 1. The number of hydrogen-bond donors (Lipinski definition) is 2. The highest BCUT2D eigenvalue weighted by Crippen LogP contribution is 2.42. The predicted molar refractivity (Wildman–Crippen MR) is 233 cm³/mol. The summed E-state index contributed by atoms with van der Waals surface area (Å²) in [6.07, 6.45) is 32.8. The molecule has 56 heavy (non-hydrogen) atoms. The van der Waals surface area contributed by atoms with Gasteiger partial charge in [-0.25, -0.2) is 0 Å². The maximum atomic E-state index is 13.8. The number of nitrogens with zero attached hydrogens (tertiary/aromatic N) is 2. The predicted octanol–water partition coefficient (Wildman–Crippen LogP) is 11.4. The van der Waals surface area contributed by atoms with Crippen molar-refractivity contribution in [1.82, 2.24) is 9.80 Å². The van der Waals surface area contributed by atoms with Gasteiger partial charge in [0.05, 0.1) is 11.8 Å². The lowest BCUT2D eigenvalue weighted by molar-refractivity contribution is -0.207. The van der Waals surface area contributed by atoms with Crippen LogP contribution in [0.3, 0.4) is 0 Å². The van der Waals surface area contributed by atoms with E-state index in [0.717, 1.165) is 148 Å². The first-order chi connectivity index (χ1) is 27.3. The Morgan fingerprint density at radius 1 is 0.536 bits per heavy atom. The molecule has 0 aromatic rings. The molecule has 2 heterocycles. The maximum Gasteiger partial charge on any atom is 0.309 e. The fraction of sp³-hybridized carbons (Fsp3) is 0.958. The molecular weight excluding hydrogens is 701 g/mol. The van der Waals surface area contributed by atoms with Crippen LogP contribution in [0, 0.1) is 17.3 Å². The largest absolute Gasteiger partial charge is 0.461 e. The van der Waals surface area contributed by atoms with Gasteiger partial charge in [0.25, 0.3) is 0 Å². The first-order valence-corrected chi connectivity index (χ1v) is 24.4. The quantitative estimate of drug-likeness (QED) is 0.0483. The summed E-state index contributed by atoms with van der Waals surface area (Å²) < 4.78 is 12.2. The second-order valence-electron chi connectivity index (χ2n) is 18.2. The van der Waals surface area contributed by atoms with Crippen LogP contribution in [0.2, 0.25) is 0 Å². The molecule has 2 rings (SSSR count). The summed E-state index contributed by atoms with van der Waals surface area (Å²) in [6, 6.07) is 0. The lowest BCUT2D eigenvalue weighted by Crippen LogP contribution is -2.60. The van der Waals surface area contributed by atoms with Crippen molar-refractivity contribution in [2.45, 2.75) is 226 Å². The summed E-state index contributed by atoms with van der Waals surface area (Å²) in [4.78, 5) is 32.3. The molecule has 1 spiro atoms. The van der Waals surface area contributed by atoms with Crippen molar-refractivity contribution >= 4 is 11.9 Å². The molecule has 0 aromatic heterocycles. The van der Waals surface area contributed by atoms with Crippen molar-refractivity contribution in [3.63, 3.8) is 0 Å². The Morgan fingerprint density at radius 3 is 1.29 bits per heavy atom. The summed E-state index contributed by atoms with van der Waals surface area (Å²) >= 11 is 0. The van der Waals surface area contributed by atoms with E-state index < -0.39 is 5.72 Å². The van der Waals surface area contributed by atoms with Gasteiger partial charge in [0.15, 0.2) is 5.72 Å². The molecule has 8 heteroatoms. The van der Waals surface area contributed by atoms with E-state index in [1.807, 2.05) is 0 Å². The molecule has 2 atom stereocenters. The van der Waals surface area contributed by atoms with Crippen LogP contribution in [0.15, 0.2) is 0 Å². The van der Waals surface area contributed by atoms with Gasteiger partial charge in [-0.15, -0.1) is 0 Å². The SMILES string of the molecule is CCCCCCCCC(CCCCCC)C(=O)OCC(O)(COC(=O)C(CCCCCC)CCCCCCCC)N1CCC2(CCN(CCCCO)CC2)CC1. The molecular formula is C48H92N2O6. The van der Waals surface area contributed by atoms with Crippen LogP contribution in [0.1, 0.15) is 220 Å². The molecule has 0 aromatic carbocycles. The van der Waals surface area contributed by atoms with Crippen LogP contribution in [0.25, 0.3) is 0 Å². The van der Waals surface area contributed by atoms with Crippen LogP contribution < -0.4 is 0 Å². The summed E-state index contributed by atoms with van der Waals surface area (Å²) in [5.41, 5.74) is -1.28. The number of hydrogen-bond acceptors (Lipinski definition) is 8. The van der Waals surface area contributed by atoms with Crippen molar-refractivity contribution in [2.75, 3.05) is 52.5 Å². The van der Waals surface area contributed by atoms with Gasteiger partial charge in [-0.3, -0.25) is 14.5 Å². The molecule has 0 amide bonds. The third kappa shape index (κ3) is 21.2. The van der Waals surface area contributed by atoms with Crippen molar-refractivity contribution in [3.05, 3.63) is 0 Å². The van der Waals surface area contributed by atoms with Crippen molar-refractivity contribution < 1.29 is 29.3 Å². The second kappa shape index (κ2) is 31.7. The van der Waals surface area contributed by atoms with E-state index in [0.29, 0.717) is 13.1 Å². The maximum absolute atomic E-state index is 13.8. The molecule has 8 nitrogen and oxygen atoms in total. The third-order valence-corrected chi connectivity index (χ3v) is 13.4. The first-order valence-electron chi connectivity index (χ1n) is 24.4. The highest BCUT2D eigenvalue weighted by molar-refractivity contribution is 5.73. The summed E-state index contributed by atoms with van der Waals surface area (Å²) in [6.45, 7) is 13.5. The van der Waals surface area contributed by atoms with Gasteiger partial charge >= 0.3 is 11.9 Å². The fourth-order valence-electron chi connectivity index (χ4n) is 9.17. The summed E-state index contributed by atoms with van der Waals surface area (Å²) in [5, 5.41) is 21.7. The van der Waals surface area contributed by atoms with Gasteiger partial charge < -0.3 is 24.6 Å². The smallest absolute Gasteiger partial charge is 0.309 e. The van der Waals surface area contributed by atoms with E-state index in [4.69, 9.17) is 9.47 Å². The Hall–Kier alpha value is -1.22. The van der Waals surface area contributed by atoms with Gasteiger partial charge in [-0.2, -0.15) is 0 Å². The Bertz CT molecular complexity index is 911.